The number of aromatic nitrogens is 2. The Morgan fingerprint density at radius 1 is 1.54 bits per heavy atom. The van der Waals surface area contributed by atoms with Crippen molar-refractivity contribution in [3.05, 3.63) is 22.9 Å². The minimum atomic E-state index is 0.0914. The lowest BCUT2D eigenvalue weighted by Gasteiger charge is -2.23. The fraction of sp³-hybridized carbons (Fsp3) is 0.667. The quantitative estimate of drug-likeness (QED) is 0.668. The molecule has 0 bridgehead atoms. The third-order valence-electron chi connectivity index (χ3n) is 2.64. The molecule has 0 saturated carbocycles. The molecule has 1 saturated heterocycles. The van der Waals surface area contributed by atoms with E-state index in [2.05, 4.69) is 5.32 Å². The summed E-state index contributed by atoms with van der Waals surface area (Å²) in [6.45, 7) is 2.00. The zero-order valence-corrected chi connectivity index (χ0v) is 7.86. The summed E-state index contributed by atoms with van der Waals surface area (Å²) in [5.41, 5.74) is 0.0914. The van der Waals surface area contributed by atoms with Crippen LogP contribution in [0.15, 0.2) is 17.2 Å². The first-order valence-electron chi connectivity index (χ1n) is 4.73. The van der Waals surface area contributed by atoms with Crippen molar-refractivity contribution in [2.24, 2.45) is 7.05 Å². The Kier molecular flexibility index (Phi) is 2.22. The molecule has 1 aliphatic rings. The Labute approximate surface area is 77.2 Å². The van der Waals surface area contributed by atoms with E-state index in [0.29, 0.717) is 6.04 Å². The molecule has 0 aliphatic carbocycles. The molecule has 4 heteroatoms. The molecule has 72 valence electrons. The van der Waals surface area contributed by atoms with E-state index in [-0.39, 0.29) is 5.69 Å². The first kappa shape index (κ1) is 8.56. The van der Waals surface area contributed by atoms with E-state index >= 15 is 0 Å². The first-order chi connectivity index (χ1) is 6.29. The summed E-state index contributed by atoms with van der Waals surface area (Å²) in [5.74, 6) is 0. The van der Waals surface area contributed by atoms with Crippen molar-refractivity contribution in [2.45, 2.75) is 18.9 Å². The number of imidazole rings is 1. The second-order valence-corrected chi connectivity index (χ2v) is 3.60. The van der Waals surface area contributed by atoms with Crippen molar-refractivity contribution >= 4 is 0 Å². The van der Waals surface area contributed by atoms with Crippen molar-refractivity contribution in [1.29, 1.82) is 0 Å². The summed E-state index contributed by atoms with van der Waals surface area (Å²) >= 11 is 0. The van der Waals surface area contributed by atoms with Gasteiger partial charge in [-0.15, -0.1) is 0 Å². The SMILES string of the molecule is Cn1ccn(C2CCCNC2)c1=O. The molecule has 2 rings (SSSR count). The van der Waals surface area contributed by atoms with Gasteiger partial charge in [-0.25, -0.2) is 4.79 Å². The van der Waals surface area contributed by atoms with E-state index in [1.54, 1.807) is 11.6 Å². The van der Waals surface area contributed by atoms with Crippen LogP contribution in [0.3, 0.4) is 0 Å². The third kappa shape index (κ3) is 1.54. The summed E-state index contributed by atoms with van der Waals surface area (Å²) in [5, 5.41) is 3.30. The molecule has 1 atom stereocenters. The number of hydrogen-bond donors (Lipinski definition) is 1. The average Bonchev–Trinajstić information content (AvgIpc) is 2.49. The second kappa shape index (κ2) is 3.38. The van der Waals surface area contributed by atoms with Gasteiger partial charge >= 0.3 is 5.69 Å². The molecule has 2 heterocycles. The summed E-state index contributed by atoms with van der Waals surface area (Å²) in [6.07, 6.45) is 5.96. The van der Waals surface area contributed by atoms with Gasteiger partial charge in [-0.1, -0.05) is 0 Å². The molecule has 1 fully saturated rings. The van der Waals surface area contributed by atoms with Crippen LogP contribution >= 0.6 is 0 Å². The topological polar surface area (TPSA) is 39.0 Å². The van der Waals surface area contributed by atoms with Crippen molar-refractivity contribution in [1.82, 2.24) is 14.5 Å². The number of nitrogens with one attached hydrogen (secondary N) is 1. The van der Waals surface area contributed by atoms with Gasteiger partial charge < -0.3 is 9.88 Å². The summed E-state index contributed by atoms with van der Waals surface area (Å²) in [6, 6.07) is 0.349. The maximum atomic E-state index is 11.6. The highest BCUT2D eigenvalue weighted by Crippen LogP contribution is 2.13. The predicted molar refractivity (Wildman–Crippen MR) is 50.8 cm³/mol. The van der Waals surface area contributed by atoms with Gasteiger partial charge in [-0.2, -0.15) is 0 Å². The molecule has 0 radical (unpaired) electrons. The minimum absolute atomic E-state index is 0.0914. The third-order valence-corrected chi connectivity index (χ3v) is 2.64. The highest BCUT2D eigenvalue weighted by atomic mass is 16.1. The normalized spacial score (nSPS) is 23.3. The van der Waals surface area contributed by atoms with Crippen LogP contribution in [0.1, 0.15) is 18.9 Å². The molecule has 1 N–H and O–H groups in total. The fourth-order valence-corrected chi connectivity index (χ4v) is 1.83. The highest BCUT2D eigenvalue weighted by molar-refractivity contribution is 4.86. The van der Waals surface area contributed by atoms with Gasteiger partial charge in [0.25, 0.3) is 0 Å². The molecule has 13 heavy (non-hydrogen) atoms. The molecule has 1 aliphatic heterocycles. The molecule has 1 aromatic rings. The lowest BCUT2D eigenvalue weighted by atomic mass is 10.1. The lowest BCUT2D eigenvalue weighted by Crippen LogP contribution is -2.36. The monoisotopic (exact) mass is 181 g/mol. The number of nitrogens with zero attached hydrogens (tertiary/aromatic N) is 2. The smallest absolute Gasteiger partial charge is 0.315 e. The Balaban J connectivity index is 2.24. The van der Waals surface area contributed by atoms with Gasteiger partial charge in [-0.05, 0) is 19.4 Å². The van der Waals surface area contributed by atoms with Crippen LogP contribution in [0.5, 0.6) is 0 Å². The van der Waals surface area contributed by atoms with E-state index in [1.807, 2.05) is 17.0 Å². The summed E-state index contributed by atoms with van der Waals surface area (Å²) in [4.78, 5) is 11.6. The molecular formula is C9H15N3O. The maximum absolute atomic E-state index is 11.6. The number of piperidine rings is 1. The van der Waals surface area contributed by atoms with Gasteiger partial charge in [0.05, 0.1) is 6.04 Å². The lowest BCUT2D eigenvalue weighted by molar-refractivity contribution is 0.362. The van der Waals surface area contributed by atoms with E-state index in [0.717, 1.165) is 25.9 Å². The highest BCUT2D eigenvalue weighted by Gasteiger charge is 2.16. The number of aryl methyl sites for hydroxylation is 1. The zero-order chi connectivity index (χ0) is 9.26. The standard InChI is InChI=1S/C9H15N3O/c1-11-5-6-12(9(11)13)8-3-2-4-10-7-8/h5-6,8,10H,2-4,7H2,1H3. The van der Waals surface area contributed by atoms with Crippen LogP contribution < -0.4 is 11.0 Å². The van der Waals surface area contributed by atoms with Crippen molar-refractivity contribution in [3.63, 3.8) is 0 Å². The predicted octanol–water partition coefficient (Wildman–Crippen LogP) is 0.111. The average molecular weight is 181 g/mol. The van der Waals surface area contributed by atoms with Gasteiger partial charge in [0, 0.05) is 26.0 Å². The van der Waals surface area contributed by atoms with Gasteiger partial charge in [0.2, 0.25) is 0 Å². The summed E-state index contributed by atoms with van der Waals surface area (Å²) in [7, 11) is 1.79. The molecule has 1 aromatic heterocycles. The van der Waals surface area contributed by atoms with Crippen molar-refractivity contribution in [3.8, 4) is 0 Å². The molecular weight excluding hydrogens is 166 g/mol. The largest absolute Gasteiger partial charge is 0.328 e. The Hall–Kier alpha value is -1.03. The fourth-order valence-electron chi connectivity index (χ4n) is 1.83. The van der Waals surface area contributed by atoms with E-state index in [1.165, 1.54) is 0 Å². The Morgan fingerprint density at radius 2 is 2.38 bits per heavy atom. The van der Waals surface area contributed by atoms with Crippen LogP contribution in [0.25, 0.3) is 0 Å². The maximum Gasteiger partial charge on any atom is 0.328 e. The van der Waals surface area contributed by atoms with Gasteiger partial charge in [-0.3, -0.25) is 4.57 Å². The zero-order valence-electron chi connectivity index (χ0n) is 7.86. The van der Waals surface area contributed by atoms with Crippen LogP contribution in [0.4, 0.5) is 0 Å². The van der Waals surface area contributed by atoms with E-state index < -0.39 is 0 Å². The van der Waals surface area contributed by atoms with Crippen LogP contribution in [0.2, 0.25) is 0 Å². The second-order valence-electron chi connectivity index (χ2n) is 3.60. The summed E-state index contributed by atoms with van der Waals surface area (Å²) < 4.78 is 3.45. The first-order valence-corrected chi connectivity index (χ1v) is 4.73. The molecule has 0 spiro atoms. The Bertz CT molecular complexity index is 333. The molecule has 4 nitrogen and oxygen atoms in total. The van der Waals surface area contributed by atoms with Crippen LogP contribution in [0, 0.1) is 0 Å². The van der Waals surface area contributed by atoms with Crippen LogP contribution in [-0.4, -0.2) is 22.2 Å². The van der Waals surface area contributed by atoms with Crippen molar-refractivity contribution in [2.75, 3.05) is 13.1 Å². The number of hydrogen-bond acceptors (Lipinski definition) is 2. The minimum Gasteiger partial charge on any atom is -0.315 e. The van der Waals surface area contributed by atoms with Gasteiger partial charge in [0.1, 0.15) is 0 Å². The molecule has 0 amide bonds. The van der Waals surface area contributed by atoms with E-state index in [9.17, 15) is 4.79 Å². The molecule has 0 aromatic carbocycles. The van der Waals surface area contributed by atoms with Gasteiger partial charge in [0.15, 0.2) is 0 Å². The number of rotatable bonds is 1. The Morgan fingerprint density at radius 3 is 2.92 bits per heavy atom. The van der Waals surface area contributed by atoms with E-state index in [4.69, 9.17) is 0 Å². The molecule has 1 unspecified atom stereocenters. The van der Waals surface area contributed by atoms with Crippen LogP contribution in [-0.2, 0) is 7.05 Å². The van der Waals surface area contributed by atoms with Crippen molar-refractivity contribution < 1.29 is 0 Å².